The van der Waals surface area contributed by atoms with Crippen LogP contribution in [0.25, 0.3) is 0 Å². The molecule has 13 nitrogen and oxygen atoms in total. The van der Waals surface area contributed by atoms with Crippen molar-refractivity contribution < 1.29 is 57.8 Å². The molecule has 7 bridgehead atoms. The molecule has 2 N–H and O–H groups in total. The molecule has 6 aliphatic rings. The van der Waals surface area contributed by atoms with Crippen molar-refractivity contribution in [3.8, 4) is 0 Å². The number of fused-ring (bicyclic) bond motifs is 2. The average Bonchev–Trinajstić information content (AvgIpc) is 3.44. The summed E-state index contributed by atoms with van der Waals surface area (Å²) in [5, 5.41) is 25.5. The van der Waals surface area contributed by atoms with Crippen LogP contribution in [0.1, 0.15) is 44.0 Å². The highest BCUT2D eigenvalue weighted by Gasteiger charge is 2.92. The highest BCUT2D eigenvalue weighted by atomic mass is 79.9. The number of rotatable bonds is 10. The van der Waals surface area contributed by atoms with Crippen LogP contribution < -0.4 is 0 Å². The number of aliphatic hydroxyl groups is 2. The molecule has 278 valence electrons. The molecular weight excluding hydrogens is 718 g/mol. The van der Waals surface area contributed by atoms with Gasteiger partial charge in [-0.3, -0.25) is 14.5 Å². The zero-order valence-corrected chi connectivity index (χ0v) is 31.3. The van der Waals surface area contributed by atoms with Gasteiger partial charge in [-0.1, -0.05) is 25.1 Å². The Morgan fingerprint density at radius 1 is 0.920 bits per heavy atom. The first-order valence-corrected chi connectivity index (χ1v) is 17.2. The van der Waals surface area contributed by atoms with Crippen LogP contribution in [0.4, 0.5) is 0 Å². The van der Waals surface area contributed by atoms with E-state index in [1.165, 1.54) is 21.0 Å². The number of likely N-dealkylation sites (tertiary alicyclic amines) is 1. The number of ether oxygens (including phenoxy) is 7. The molecule has 1 spiro atoms. The van der Waals surface area contributed by atoms with Crippen LogP contribution in [0.3, 0.4) is 0 Å². The van der Waals surface area contributed by atoms with Gasteiger partial charge >= 0.3 is 17.9 Å². The SMILES string of the molecule is Br.CCN1C[C@]2(COC)[C@H](OC(C)=O)C[C@H](OC)C34[C@@H]5C[C@@]6(O)[C@H](OC(=O)c7ccccc7)[C@@H]5[C@@](OC(C)=O)([C@@H]([C@H](OC)[C@@H]32)[C@@H]14)[C@@H](O)[C@@H]6OC. The Bertz CT molecular complexity index is 1480. The molecule has 7 rings (SSSR count). The number of esters is 3. The van der Waals surface area contributed by atoms with Crippen molar-refractivity contribution in [3.63, 3.8) is 0 Å². The predicted molar refractivity (Wildman–Crippen MR) is 180 cm³/mol. The Morgan fingerprint density at radius 2 is 1.62 bits per heavy atom. The quantitative estimate of drug-likeness (QED) is 0.263. The van der Waals surface area contributed by atoms with Crippen molar-refractivity contribution in [1.29, 1.82) is 0 Å². The number of hydrogen-bond donors (Lipinski definition) is 2. The number of aliphatic hydroxyl groups excluding tert-OH is 1. The van der Waals surface area contributed by atoms with E-state index in [-0.39, 0.29) is 41.6 Å². The van der Waals surface area contributed by atoms with Gasteiger partial charge in [-0.05, 0) is 31.0 Å². The van der Waals surface area contributed by atoms with Crippen LogP contribution in [0, 0.1) is 34.5 Å². The van der Waals surface area contributed by atoms with Gasteiger partial charge in [0.15, 0.2) is 5.60 Å². The number of nitrogens with zero attached hydrogens (tertiary/aromatic N) is 1. The summed E-state index contributed by atoms with van der Waals surface area (Å²) in [4.78, 5) is 42.2. The third-order valence-electron chi connectivity index (χ3n) is 13.4. The fraction of sp³-hybridized carbons (Fsp3) is 0.750. The fourth-order valence-corrected chi connectivity index (χ4v) is 12.7. The van der Waals surface area contributed by atoms with Crippen LogP contribution in [0.2, 0.25) is 0 Å². The summed E-state index contributed by atoms with van der Waals surface area (Å²) in [5.41, 5.74) is -4.92. The van der Waals surface area contributed by atoms with Crippen LogP contribution in [-0.4, -0.2) is 135 Å². The molecule has 1 aromatic carbocycles. The van der Waals surface area contributed by atoms with E-state index < -0.39 is 100 Å². The van der Waals surface area contributed by atoms with Gasteiger partial charge in [0.25, 0.3) is 0 Å². The van der Waals surface area contributed by atoms with Crippen molar-refractivity contribution in [2.75, 3.05) is 48.1 Å². The maximum atomic E-state index is 13.8. The van der Waals surface area contributed by atoms with E-state index in [9.17, 15) is 24.6 Å². The molecule has 5 saturated carbocycles. The first-order chi connectivity index (χ1) is 23.4. The number of halogens is 1. The summed E-state index contributed by atoms with van der Waals surface area (Å²) in [7, 11) is 6.25. The molecule has 0 aromatic heterocycles. The molecule has 1 saturated heterocycles. The Labute approximate surface area is 302 Å². The summed E-state index contributed by atoms with van der Waals surface area (Å²) >= 11 is 0. The summed E-state index contributed by atoms with van der Waals surface area (Å²) in [5.74, 6) is -4.24. The smallest absolute Gasteiger partial charge is 0.338 e. The van der Waals surface area contributed by atoms with Crippen molar-refractivity contribution >= 4 is 34.9 Å². The van der Waals surface area contributed by atoms with E-state index in [1.807, 2.05) is 6.92 Å². The standard InChI is InChI=1S/C36H49NO12.BrH/c1-8-37-16-33(17-43-4)22(47-18(2)38)14-23(44-5)35-21-15-34(42)30(48-32(41)20-12-10-9-11-13-20)24(21)36(49-19(3)39,29(40)31(34)46-7)25(28(35)37)26(45-6)27(33)35;/h9-13,21-31,40,42H,8,14-17H2,1-7H3;1H/t21-,22-,23+,24-,25+,26+,27-,28-,29+,30-,31+,33+,34-,35?,36-;/m1./s1. The fourth-order valence-electron chi connectivity index (χ4n) is 12.7. The summed E-state index contributed by atoms with van der Waals surface area (Å²) in [6.45, 7) is 5.99. The predicted octanol–water partition coefficient (Wildman–Crippen LogP) is 1.80. The molecule has 1 unspecified atom stereocenters. The van der Waals surface area contributed by atoms with Gasteiger partial charge < -0.3 is 43.4 Å². The zero-order chi connectivity index (χ0) is 35.3. The Kier molecular flexibility index (Phi) is 9.81. The molecule has 0 amide bonds. The number of hydrogen-bond acceptors (Lipinski definition) is 13. The van der Waals surface area contributed by atoms with Crippen molar-refractivity contribution in [1.82, 2.24) is 4.90 Å². The molecule has 5 aliphatic carbocycles. The third kappa shape index (κ3) is 4.51. The average molecular weight is 769 g/mol. The topological polar surface area (TPSA) is 160 Å². The van der Waals surface area contributed by atoms with Gasteiger partial charge in [-0.2, -0.15) is 0 Å². The molecule has 14 heteroatoms. The molecule has 15 atom stereocenters. The Hall–Kier alpha value is -2.17. The summed E-state index contributed by atoms with van der Waals surface area (Å²) in [6, 6.07) is 8.12. The van der Waals surface area contributed by atoms with E-state index >= 15 is 0 Å². The van der Waals surface area contributed by atoms with Crippen molar-refractivity contribution in [2.45, 2.75) is 87.5 Å². The number of benzene rings is 1. The lowest BCUT2D eigenvalue weighted by Gasteiger charge is -2.70. The number of carbonyl (C=O) groups is 3. The van der Waals surface area contributed by atoms with Gasteiger partial charge in [-0.15, -0.1) is 17.0 Å². The van der Waals surface area contributed by atoms with Crippen molar-refractivity contribution in [3.05, 3.63) is 35.9 Å². The maximum absolute atomic E-state index is 13.8. The monoisotopic (exact) mass is 767 g/mol. The minimum absolute atomic E-state index is 0. The van der Waals surface area contributed by atoms with Crippen LogP contribution in [-0.2, 0) is 42.7 Å². The number of methoxy groups -OCH3 is 4. The highest BCUT2D eigenvalue weighted by molar-refractivity contribution is 8.93. The number of carbonyl (C=O) groups excluding carboxylic acids is 3. The minimum atomic E-state index is -1.86. The molecule has 0 radical (unpaired) electrons. The molecule has 1 aromatic rings. The van der Waals surface area contributed by atoms with Crippen LogP contribution >= 0.6 is 17.0 Å². The lowest BCUT2D eigenvalue weighted by atomic mass is 9.42. The minimum Gasteiger partial charge on any atom is -0.462 e. The van der Waals surface area contributed by atoms with Crippen molar-refractivity contribution in [2.24, 2.45) is 34.5 Å². The lowest BCUT2D eigenvalue weighted by Crippen LogP contribution is -2.81. The third-order valence-corrected chi connectivity index (χ3v) is 13.4. The molecule has 50 heavy (non-hydrogen) atoms. The summed E-state index contributed by atoms with van der Waals surface area (Å²) in [6.07, 6.45) is -5.45. The second-order valence-corrected chi connectivity index (χ2v) is 15.0. The molecule has 6 fully saturated rings. The largest absolute Gasteiger partial charge is 0.462 e. The van der Waals surface area contributed by atoms with E-state index in [1.54, 1.807) is 51.7 Å². The maximum Gasteiger partial charge on any atom is 0.338 e. The molecular formula is C36H50BrNO12. The van der Waals surface area contributed by atoms with E-state index in [0.717, 1.165) is 0 Å². The molecule has 1 aliphatic heterocycles. The van der Waals surface area contributed by atoms with Crippen LogP contribution in [0.15, 0.2) is 30.3 Å². The lowest BCUT2D eigenvalue weighted by molar-refractivity contribution is -0.322. The Balaban J connectivity index is 0.00000432. The second-order valence-electron chi connectivity index (χ2n) is 15.0. The second kappa shape index (κ2) is 13.0. The normalized spacial score (nSPS) is 46.5. The van der Waals surface area contributed by atoms with Gasteiger partial charge in [-0.25, -0.2) is 4.79 Å². The first-order valence-electron chi connectivity index (χ1n) is 17.2. The van der Waals surface area contributed by atoms with E-state index in [0.29, 0.717) is 19.5 Å². The van der Waals surface area contributed by atoms with Gasteiger partial charge in [0, 0.05) is 89.9 Å². The number of piperidine rings is 1. The van der Waals surface area contributed by atoms with Gasteiger partial charge in [0.05, 0.1) is 24.4 Å². The molecule has 1 heterocycles. The van der Waals surface area contributed by atoms with Gasteiger partial charge in [0.1, 0.15) is 30.0 Å². The van der Waals surface area contributed by atoms with E-state index in [4.69, 9.17) is 33.2 Å². The van der Waals surface area contributed by atoms with Crippen LogP contribution in [0.5, 0.6) is 0 Å². The van der Waals surface area contributed by atoms with E-state index in [2.05, 4.69) is 4.90 Å². The first kappa shape index (κ1) is 37.6. The zero-order valence-electron chi connectivity index (χ0n) is 29.6. The van der Waals surface area contributed by atoms with Gasteiger partial charge in [0.2, 0.25) is 0 Å². The highest BCUT2D eigenvalue weighted by Crippen LogP contribution is 2.80. The Morgan fingerprint density at radius 3 is 2.18 bits per heavy atom. The summed E-state index contributed by atoms with van der Waals surface area (Å²) < 4.78 is 43.9.